The third-order valence-electron chi connectivity index (χ3n) is 3.03. The van der Waals surface area contributed by atoms with E-state index in [4.69, 9.17) is 11.1 Å². The third kappa shape index (κ3) is 3.31. The second kappa shape index (κ2) is 6.00. The van der Waals surface area contributed by atoms with Crippen LogP contribution in [0.4, 0.5) is 5.69 Å². The van der Waals surface area contributed by atoms with Crippen molar-refractivity contribution in [2.45, 2.75) is 6.42 Å². The molecule has 0 saturated carbocycles. The number of likely N-dealkylation sites (N-methyl/N-ethyl adjacent to an activating group) is 1. The summed E-state index contributed by atoms with van der Waals surface area (Å²) in [5.74, 6) is 0.00200. The number of amidine groups is 1. The Morgan fingerprint density at radius 1 is 1.21 bits per heavy atom. The Balaban J connectivity index is 2.08. The molecule has 0 saturated heterocycles. The van der Waals surface area contributed by atoms with Gasteiger partial charge in [-0.25, -0.2) is 0 Å². The molecule has 98 valence electrons. The highest BCUT2D eigenvalue weighted by molar-refractivity contribution is 5.98. The van der Waals surface area contributed by atoms with Crippen LogP contribution in [-0.2, 0) is 6.42 Å². The summed E-state index contributed by atoms with van der Waals surface area (Å²) in [6.45, 7) is 0.857. The molecule has 0 atom stereocenters. The maximum absolute atomic E-state index is 7.55. The minimum Gasteiger partial charge on any atom is -0.382 e. The van der Waals surface area contributed by atoms with Crippen molar-refractivity contribution in [3.63, 3.8) is 0 Å². The monoisotopic (exact) mass is 254 g/mol. The molecule has 0 aliphatic carbocycles. The molecule has 0 spiro atoms. The maximum atomic E-state index is 7.55. The molecule has 1 aromatic carbocycles. The van der Waals surface area contributed by atoms with E-state index in [0.29, 0.717) is 5.69 Å². The number of hydrogen-bond donors (Lipinski definition) is 2. The summed E-state index contributed by atoms with van der Waals surface area (Å²) in [7, 11) is 1.99. The van der Waals surface area contributed by atoms with Gasteiger partial charge in [0.15, 0.2) is 0 Å². The molecular weight excluding hydrogens is 236 g/mol. The van der Waals surface area contributed by atoms with Gasteiger partial charge in [-0.05, 0) is 24.1 Å². The highest BCUT2D eigenvalue weighted by atomic mass is 15.1. The van der Waals surface area contributed by atoms with Crippen LogP contribution in [-0.4, -0.2) is 24.4 Å². The van der Waals surface area contributed by atoms with Crippen molar-refractivity contribution < 1.29 is 0 Å². The minimum absolute atomic E-state index is 0.00200. The molecule has 0 radical (unpaired) electrons. The molecule has 0 bridgehead atoms. The molecule has 0 unspecified atom stereocenters. The third-order valence-corrected chi connectivity index (χ3v) is 3.03. The van der Waals surface area contributed by atoms with Gasteiger partial charge in [-0.15, -0.1) is 0 Å². The fraction of sp³-hybridized carbons (Fsp3) is 0.200. The number of nitrogen functional groups attached to an aromatic ring is 1. The van der Waals surface area contributed by atoms with Crippen molar-refractivity contribution >= 4 is 11.5 Å². The largest absolute Gasteiger partial charge is 0.382 e. The number of hydrogen-bond acceptors (Lipinski definition) is 3. The quantitative estimate of drug-likeness (QED) is 0.634. The smallest absolute Gasteiger partial charge is 0.143 e. The molecule has 1 heterocycles. The first-order chi connectivity index (χ1) is 9.18. The van der Waals surface area contributed by atoms with Gasteiger partial charge >= 0.3 is 0 Å². The van der Waals surface area contributed by atoms with Crippen LogP contribution in [0.1, 0.15) is 11.3 Å². The van der Waals surface area contributed by atoms with Crippen molar-refractivity contribution in [2.24, 2.45) is 5.73 Å². The molecule has 4 heteroatoms. The topological polar surface area (TPSA) is 66.0 Å². The van der Waals surface area contributed by atoms with Gasteiger partial charge in [-0.1, -0.05) is 30.3 Å². The Bertz CT molecular complexity index is 551. The van der Waals surface area contributed by atoms with Crippen molar-refractivity contribution in [3.8, 4) is 0 Å². The molecule has 1 aromatic heterocycles. The van der Waals surface area contributed by atoms with Gasteiger partial charge in [0.25, 0.3) is 0 Å². The number of nitrogens with one attached hydrogen (secondary N) is 1. The zero-order valence-corrected chi connectivity index (χ0v) is 11.0. The number of pyridine rings is 1. The van der Waals surface area contributed by atoms with E-state index in [9.17, 15) is 0 Å². The van der Waals surface area contributed by atoms with E-state index in [0.717, 1.165) is 18.7 Å². The van der Waals surface area contributed by atoms with Gasteiger partial charge in [0, 0.05) is 19.8 Å². The van der Waals surface area contributed by atoms with Gasteiger partial charge in [0.05, 0.1) is 5.69 Å². The summed E-state index contributed by atoms with van der Waals surface area (Å²) >= 11 is 0. The van der Waals surface area contributed by atoms with Crippen molar-refractivity contribution in [1.82, 2.24) is 4.98 Å². The summed E-state index contributed by atoms with van der Waals surface area (Å²) in [4.78, 5) is 6.24. The standard InChI is InChI=1S/C15H18N4/c1-19(11-9-12-6-3-2-4-7-12)13-8-5-10-18-14(13)15(16)17/h2-8,10H,9,11H2,1H3,(H3,16,17). The summed E-state index contributed by atoms with van der Waals surface area (Å²) in [5, 5.41) is 7.55. The Kier molecular flexibility index (Phi) is 4.13. The van der Waals surface area contributed by atoms with Crippen LogP contribution in [0.3, 0.4) is 0 Å². The van der Waals surface area contributed by atoms with Crippen molar-refractivity contribution in [2.75, 3.05) is 18.5 Å². The number of benzene rings is 1. The zero-order chi connectivity index (χ0) is 13.7. The lowest BCUT2D eigenvalue weighted by Crippen LogP contribution is -2.25. The van der Waals surface area contributed by atoms with Crippen LogP contribution in [0.2, 0.25) is 0 Å². The van der Waals surface area contributed by atoms with Gasteiger partial charge in [0.2, 0.25) is 0 Å². The molecule has 4 nitrogen and oxygen atoms in total. The van der Waals surface area contributed by atoms with E-state index in [1.54, 1.807) is 6.20 Å². The molecule has 3 N–H and O–H groups in total. The lowest BCUT2D eigenvalue weighted by molar-refractivity contribution is 0.871. The van der Waals surface area contributed by atoms with Crippen LogP contribution < -0.4 is 10.6 Å². The molecule has 19 heavy (non-hydrogen) atoms. The first-order valence-corrected chi connectivity index (χ1v) is 6.23. The number of nitrogens with zero attached hydrogens (tertiary/aromatic N) is 2. The summed E-state index contributed by atoms with van der Waals surface area (Å²) in [6.07, 6.45) is 2.61. The van der Waals surface area contributed by atoms with Crippen molar-refractivity contribution in [3.05, 3.63) is 59.9 Å². The summed E-state index contributed by atoms with van der Waals surface area (Å²) in [6, 6.07) is 14.1. The normalized spacial score (nSPS) is 10.2. The first-order valence-electron chi connectivity index (χ1n) is 6.23. The molecule has 2 rings (SSSR count). The second-order valence-electron chi connectivity index (χ2n) is 4.44. The lowest BCUT2D eigenvalue weighted by atomic mass is 10.1. The Morgan fingerprint density at radius 2 is 1.95 bits per heavy atom. The average molecular weight is 254 g/mol. The maximum Gasteiger partial charge on any atom is 0.143 e. The van der Waals surface area contributed by atoms with Crippen LogP contribution in [0.15, 0.2) is 48.7 Å². The molecule has 0 aliphatic heterocycles. The molecule has 0 aliphatic rings. The molecule has 0 amide bonds. The predicted octanol–water partition coefficient (Wildman–Crippen LogP) is 2.04. The first kappa shape index (κ1) is 13.1. The average Bonchev–Trinajstić information content (AvgIpc) is 2.46. The SMILES string of the molecule is CN(CCc1ccccc1)c1cccnc1C(=N)N. The van der Waals surface area contributed by atoms with Gasteiger partial charge in [-0.2, -0.15) is 0 Å². The van der Waals surface area contributed by atoms with E-state index in [-0.39, 0.29) is 5.84 Å². The molecular formula is C15H18N4. The van der Waals surface area contributed by atoms with Crippen molar-refractivity contribution in [1.29, 1.82) is 5.41 Å². The number of nitrogens with two attached hydrogens (primary N) is 1. The van der Waals surface area contributed by atoms with Gasteiger partial charge in [-0.3, -0.25) is 10.4 Å². The highest BCUT2D eigenvalue weighted by Crippen LogP contribution is 2.16. The number of aromatic nitrogens is 1. The van der Waals surface area contributed by atoms with Gasteiger partial charge in [0.1, 0.15) is 11.5 Å². The van der Waals surface area contributed by atoms with Crippen LogP contribution in [0.5, 0.6) is 0 Å². The summed E-state index contributed by atoms with van der Waals surface area (Å²) in [5.41, 5.74) is 8.28. The van der Waals surface area contributed by atoms with Crippen LogP contribution >= 0.6 is 0 Å². The Labute approximate surface area is 113 Å². The van der Waals surface area contributed by atoms with E-state index in [1.807, 2.05) is 37.4 Å². The fourth-order valence-electron chi connectivity index (χ4n) is 1.97. The number of rotatable bonds is 5. The van der Waals surface area contributed by atoms with Crippen LogP contribution in [0, 0.1) is 5.41 Å². The predicted molar refractivity (Wildman–Crippen MR) is 78.7 cm³/mol. The molecule has 2 aromatic rings. The lowest BCUT2D eigenvalue weighted by Gasteiger charge is -2.21. The fourth-order valence-corrected chi connectivity index (χ4v) is 1.97. The Morgan fingerprint density at radius 3 is 2.63 bits per heavy atom. The van der Waals surface area contributed by atoms with Gasteiger partial charge < -0.3 is 10.6 Å². The van der Waals surface area contributed by atoms with E-state index in [2.05, 4.69) is 22.0 Å². The molecule has 0 fully saturated rings. The van der Waals surface area contributed by atoms with E-state index >= 15 is 0 Å². The zero-order valence-electron chi connectivity index (χ0n) is 11.0. The summed E-state index contributed by atoms with van der Waals surface area (Å²) < 4.78 is 0. The minimum atomic E-state index is 0.00200. The van der Waals surface area contributed by atoms with Crippen LogP contribution in [0.25, 0.3) is 0 Å². The highest BCUT2D eigenvalue weighted by Gasteiger charge is 2.10. The number of anilines is 1. The second-order valence-corrected chi connectivity index (χ2v) is 4.44. The van der Waals surface area contributed by atoms with E-state index < -0.39 is 0 Å². The Hall–Kier alpha value is -2.36. The van der Waals surface area contributed by atoms with E-state index in [1.165, 1.54) is 5.56 Å².